The van der Waals surface area contributed by atoms with Gasteiger partial charge in [0.25, 0.3) is 0 Å². The highest BCUT2D eigenvalue weighted by Crippen LogP contribution is 2.30. The molecule has 0 aromatic carbocycles. The number of aromatic nitrogens is 1. The Morgan fingerprint density at radius 3 is 2.67 bits per heavy atom. The fourth-order valence-corrected chi connectivity index (χ4v) is 1.29. The van der Waals surface area contributed by atoms with Gasteiger partial charge in [-0.2, -0.15) is 13.2 Å². The zero-order chi connectivity index (χ0) is 13.2. The third-order valence-electron chi connectivity index (χ3n) is 2.34. The molecule has 1 aromatic heterocycles. The van der Waals surface area contributed by atoms with Crippen LogP contribution < -0.4 is 10.1 Å². The number of carbonyl (C=O) groups excluding carboxylic acids is 1. The summed E-state index contributed by atoms with van der Waals surface area (Å²) in [5.74, 6) is -0.149. The van der Waals surface area contributed by atoms with Crippen LogP contribution in [0.1, 0.15) is 12.8 Å². The molecular weight excluding hydrogens is 249 g/mol. The lowest BCUT2D eigenvalue weighted by Crippen LogP contribution is -2.19. The van der Waals surface area contributed by atoms with Gasteiger partial charge in [0.15, 0.2) is 6.61 Å². The van der Waals surface area contributed by atoms with Crippen LogP contribution in [0, 0.1) is 5.92 Å². The second kappa shape index (κ2) is 4.83. The first-order chi connectivity index (χ1) is 8.44. The zero-order valence-electron chi connectivity index (χ0n) is 9.33. The van der Waals surface area contributed by atoms with Crippen LogP contribution in [0.15, 0.2) is 18.3 Å². The molecule has 0 spiro atoms. The number of carbonyl (C=O) groups is 1. The highest BCUT2D eigenvalue weighted by atomic mass is 19.4. The summed E-state index contributed by atoms with van der Waals surface area (Å²) in [6.07, 6.45) is -1.36. The maximum Gasteiger partial charge on any atom is 0.422 e. The standard InChI is InChI=1S/C11H11F3N2O2/c12-11(13,14)6-18-9-4-3-8(5-15-9)16-10(17)7-1-2-7/h3-5,7H,1-2,6H2,(H,16,17). The Morgan fingerprint density at radius 1 is 1.44 bits per heavy atom. The summed E-state index contributed by atoms with van der Waals surface area (Å²) in [5, 5.41) is 2.62. The molecule has 0 unspecified atom stereocenters. The maximum absolute atomic E-state index is 11.9. The highest BCUT2D eigenvalue weighted by molar-refractivity contribution is 5.93. The van der Waals surface area contributed by atoms with Crippen LogP contribution in [-0.2, 0) is 4.79 Å². The number of nitrogens with one attached hydrogen (secondary N) is 1. The molecule has 0 bridgehead atoms. The van der Waals surface area contributed by atoms with Crippen molar-refractivity contribution in [1.29, 1.82) is 0 Å². The van der Waals surface area contributed by atoms with Gasteiger partial charge in [-0.3, -0.25) is 4.79 Å². The molecule has 4 nitrogen and oxygen atoms in total. The zero-order valence-corrected chi connectivity index (χ0v) is 9.33. The second-order valence-corrected chi connectivity index (χ2v) is 4.05. The molecule has 0 aliphatic heterocycles. The van der Waals surface area contributed by atoms with Crippen molar-refractivity contribution < 1.29 is 22.7 Å². The maximum atomic E-state index is 11.9. The molecule has 0 atom stereocenters. The van der Waals surface area contributed by atoms with E-state index in [1.165, 1.54) is 18.3 Å². The summed E-state index contributed by atoms with van der Waals surface area (Å²) in [6.45, 7) is -1.38. The van der Waals surface area contributed by atoms with Gasteiger partial charge in [-0.1, -0.05) is 0 Å². The van der Waals surface area contributed by atoms with Crippen molar-refractivity contribution in [2.24, 2.45) is 5.92 Å². The van der Waals surface area contributed by atoms with Crippen molar-refractivity contribution in [3.8, 4) is 5.88 Å². The molecule has 1 aliphatic carbocycles. The number of alkyl halides is 3. The smallest absolute Gasteiger partial charge is 0.422 e. The normalized spacial score (nSPS) is 15.3. The average Bonchev–Trinajstić information content (AvgIpc) is 3.11. The Kier molecular flexibility index (Phi) is 3.40. The number of hydrogen-bond acceptors (Lipinski definition) is 3. The molecule has 2 rings (SSSR count). The van der Waals surface area contributed by atoms with E-state index in [2.05, 4.69) is 15.0 Å². The van der Waals surface area contributed by atoms with Crippen LogP contribution in [0.2, 0.25) is 0 Å². The largest absolute Gasteiger partial charge is 0.468 e. The summed E-state index contributed by atoms with van der Waals surface area (Å²) in [5.41, 5.74) is 0.450. The molecular formula is C11H11F3N2O2. The van der Waals surface area contributed by atoms with E-state index in [9.17, 15) is 18.0 Å². The van der Waals surface area contributed by atoms with Crippen LogP contribution >= 0.6 is 0 Å². The molecule has 0 radical (unpaired) electrons. The van der Waals surface area contributed by atoms with Gasteiger partial charge in [-0.25, -0.2) is 4.98 Å². The predicted octanol–water partition coefficient (Wildman–Crippen LogP) is 2.37. The van der Waals surface area contributed by atoms with Gasteiger partial charge >= 0.3 is 6.18 Å². The van der Waals surface area contributed by atoms with E-state index < -0.39 is 12.8 Å². The minimum absolute atomic E-state index is 0.0613. The SMILES string of the molecule is O=C(Nc1ccc(OCC(F)(F)F)nc1)C1CC1. The fraction of sp³-hybridized carbons (Fsp3) is 0.455. The number of amides is 1. The molecule has 18 heavy (non-hydrogen) atoms. The van der Waals surface area contributed by atoms with Gasteiger partial charge in [-0.15, -0.1) is 0 Å². The van der Waals surface area contributed by atoms with E-state index in [-0.39, 0.29) is 17.7 Å². The lowest BCUT2D eigenvalue weighted by atomic mass is 10.3. The molecule has 98 valence electrons. The van der Waals surface area contributed by atoms with Crippen LogP contribution in [0.5, 0.6) is 5.88 Å². The Hall–Kier alpha value is -1.79. The van der Waals surface area contributed by atoms with E-state index in [1.807, 2.05) is 0 Å². The minimum atomic E-state index is -4.39. The fourth-order valence-electron chi connectivity index (χ4n) is 1.29. The number of rotatable bonds is 4. The number of hydrogen-bond donors (Lipinski definition) is 1. The highest BCUT2D eigenvalue weighted by Gasteiger charge is 2.30. The number of nitrogens with zero attached hydrogens (tertiary/aromatic N) is 1. The first-order valence-electron chi connectivity index (χ1n) is 5.40. The van der Waals surface area contributed by atoms with Gasteiger partial charge in [0.1, 0.15) is 0 Å². The molecule has 1 N–H and O–H groups in total. The van der Waals surface area contributed by atoms with E-state index in [1.54, 1.807) is 0 Å². The molecule has 1 aliphatic rings. The number of anilines is 1. The molecule has 1 amide bonds. The molecule has 7 heteroatoms. The summed E-state index contributed by atoms with van der Waals surface area (Å²) in [7, 11) is 0. The summed E-state index contributed by atoms with van der Waals surface area (Å²) in [4.78, 5) is 15.1. The first-order valence-corrected chi connectivity index (χ1v) is 5.40. The Bertz CT molecular complexity index is 427. The monoisotopic (exact) mass is 260 g/mol. The van der Waals surface area contributed by atoms with E-state index in [4.69, 9.17) is 0 Å². The molecule has 0 saturated heterocycles. The van der Waals surface area contributed by atoms with Crippen molar-refractivity contribution in [2.45, 2.75) is 19.0 Å². The quantitative estimate of drug-likeness (QED) is 0.904. The molecule has 1 heterocycles. The third kappa shape index (κ3) is 3.90. The van der Waals surface area contributed by atoms with Crippen molar-refractivity contribution in [1.82, 2.24) is 4.98 Å². The summed E-state index contributed by atoms with van der Waals surface area (Å²) in [6, 6.07) is 2.74. The van der Waals surface area contributed by atoms with Gasteiger partial charge in [0, 0.05) is 12.0 Å². The van der Waals surface area contributed by atoms with E-state index in [0.29, 0.717) is 5.69 Å². The van der Waals surface area contributed by atoms with E-state index >= 15 is 0 Å². The van der Waals surface area contributed by atoms with Gasteiger partial charge in [-0.05, 0) is 18.9 Å². The number of pyridine rings is 1. The lowest BCUT2D eigenvalue weighted by molar-refractivity contribution is -0.154. The van der Waals surface area contributed by atoms with Crippen LogP contribution in [0.4, 0.5) is 18.9 Å². The Balaban J connectivity index is 1.86. The van der Waals surface area contributed by atoms with Crippen LogP contribution in [0.3, 0.4) is 0 Å². The van der Waals surface area contributed by atoms with E-state index in [0.717, 1.165) is 12.8 Å². The van der Waals surface area contributed by atoms with Gasteiger partial charge in [0.05, 0.1) is 11.9 Å². The molecule has 1 saturated carbocycles. The van der Waals surface area contributed by atoms with Gasteiger partial charge < -0.3 is 10.1 Å². The van der Waals surface area contributed by atoms with Crippen LogP contribution in [0.25, 0.3) is 0 Å². The van der Waals surface area contributed by atoms with Gasteiger partial charge in [0.2, 0.25) is 11.8 Å². The Labute approximate surface area is 101 Å². The lowest BCUT2D eigenvalue weighted by Gasteiger charge is -2.09. The number of ether oxygens (including phenoxy) is 1. The minimum Gasteiger partial charge on any atom is -0.468 e. The molecule has 1 aromatic rings. The Morgan fingerprint density at radius 2 is 2.17 bits per heavy atom. The summed E-state index contributed by atoms with van der Waals surface area (Å²) < 4.78 is 40.1. The van der Waals surface area contributed by atoms with Crippen molar-refractivity contribution in [3.05, 3.63) is 18.3 Å². The second-order valence-electron chi connectivity index (χ2n) is 4.05. The summed E-state index contributed by atoms with van der Waals surface area (Å²) >= 11 is 0. The van der Waals surface area contributed by atoms with Crippen molar-refractivity contribution in [3.63, 3.8) is 0 Å². The molecule has 1 fully saturated rings. The van der Waals surface area contributed by atoms with Crippen molar-refractivity contribution in [2.75, 3.05) is 11.9 Å². The topological polar surface area (TPSA) is 51.2 Å². The van der Waals surface area contributed by atoms with Crippen molar-refractivity contribution >= 4 is 11.6 Å². The van der Waals surface area contributed by atoms with Crippen LogP contribution in [-0.4, -0.2) is 23.7 Å². The first kappa shape index (κ1) is 12.7. The number of halogens is 3. The third-order valence-corrected chi connectivity index (χ3v) is 2.34. The predicted molar refractivity (Wildman–Crippen MR) is 57.1 cm³/mol. The average molecular weight is 260 g/mol.